The number of carbonyl (C=O) groups excluding carboxylic acids is 1. The van der Waals surface area contributed by atoms with Gasteiger partial charge in [0.25, 0.3) is 5.91 Å². The predicted molar refractivity (Wildman–Crippen MR) is 83.6 cm³/mol. The van der Waals surface area contributed by atoms with Crippen molar-refractivity contribution in [2.45, 2.75) is 38.7 Å². The summed E-state index contributed by atoms with van der Waals surface area (Å²) in [7, 11) is 1.90. The summed E-state index contributed by atoms with van der Waals surface area (Å²) in [5.74, 6) is 0.497. The van der Waals surface area contributed by atoms with E-state index in [-0.39, 0.29) is 12.0 Å². The van der Waals surface area contributed by atoms with Crippen LogP contribution in [0.4, 0.5) is 0 Å². The number of fused-ring (bicyclic) bond motifs is 1. The fourth-order valence-electron chi connectivity index (χ4n) is 2.99. The lowest BCUT2D eigenvalue weighted by Gasteiger charge is -2.25. The van der Waals surface area contributed by atoms with Crippen LogP contribution in [0, 0.1) is 12.8 Å². The molecule has 0 aliphatic heterocycles. The highest BCUT2D eigenvalue weighted by Gasteiger charge is 2.21. The molecule has 5 nitrogen and oxygen atoms in total. The number of aliphatic hydroxyl groups excluding tert-OH is 1. The molecule has 0 atom stereocenters. The number of hydrogen-bond acceptors (Lipinski definition) is 4. The van der Waals surface area contributed by atoms with Crippen LogP contribution in [0.5, 0.6) is 0 Å². The third-order valence-corrected chi connectivity index (χ3v) is 5.49. The van der Waals surface area contributed by atoms with Crippen LogP contribution < -0.4 is 5.32 Å². The maximum absolute atomic E-state index is 12.3. The van der Waals surface area contributed by atoms with Crippen molar-refractivity contribution in [1.82, 2.24) is 15.1 Å². The molecular weight excluding hydrogens is 286 g/mol. The van der Waals surface area contributed by atoms with E-state index in [0.717, 1.165) is 46.5 Å². The van der Waals surface area contributed by atoms with Crippen molar-refractivity contribution >= 4 is 27.5 Å². The Morgan fingerprint density at radius 2 is 2.19 bits per heavy atom. The molecule has 6 heteroatoms. The summed E-state index contributed by atoms with van der Waals surface area (Å²) in [6, 6.07) is 1.93. The molecule has 1 saturated carbocycles. The van der Waals surface area contributed by atoms with E-state index in [1.54, 1.807) is 0 Å². The molecule has 0 bridgehead atoms. The molecule has 21 heavy (non-hydrogen) atoms. The Morgan fingerprint density at radius 1 is 1.48 bits per heavy atom. The maximum Gasteiger partial charge on any atom is 0.261 e. The molecule has 1 amide bonds. The first-order valence-corrected chi connectivity index (χ1v) is 8.25. The number of nitrogens with one attached hydrogen (secondary N) is 1. The largest absolute Gasteiger partial charge is 0.393 e. The predicted octanol–water partition coefficient (Wildman–Crippen LogP) is 2.22. The Bertz CT molecular complexity index is 619. The first-order chi connectivity index (χ1) is 10.0. The van der Waals surface area contributed by atoms with Gasteiger partial charge in [-0.2, -0.15) is 5.10 Å². The summed E-state index contributed by atoms with van der Waals surface area (Å²) in [6.45, 7) is 2.67. The molecule has 0 spiro atoms. The van der Waals surface area contributed by atoms with Crippen LogP contribution in [-0.2, 0) is 7.05 Å². The van der Waals surface area contributed by atoms with Crippen LogP contribution >= 0.6 is 11.3 Å². The molecule has 2 heterocycles. The van der Waals surface area contributed by atoms with Crippen molar-refractivity contribution in [3.63, 3.8) is 0 Å². The zero-order valence-corrected chi connectivity index (χ0v) is 13.2. The van der Waals surface area contributed by atoms with E-state index in [4.69, 9.17) is 0 Å². The van der Waals surface area contributed by atoms with E-state index in [9.17, 15) is 9.90 Å². The van der Waals surface area contributed by atoms with Gasteiger partial charge in [0.1, 0.15) is 4.83 Å². The maximum atomic E-state index is 12.3. The molecule has 0 saturated heterocycles. The number of amides is 1. The average molecular weight is 307 g/mol. The molecule has 0 aromatic carbocycles. The first kappa shape index (κ1) is 14.5. The molecule has 2 N–H and O–H groups in total. The van der Waals surface area contributed by atoms with Crippen molar-refractivity contribution in [2.75, 3.05) is 6.54 Å². The van der Waals surface area contributed by atoms with Crippen LogP contribution in [0.1, 0.15) is 41.0 Å². The topological polar surface area (TPSA) is 67.2 Å². The number of thiophene rings is 1. The van der Waals surface area contributed by atoms with E-state index in [1.807, 2.05) is 24.7 Å². The number of carbonyl (C=O) groups is 1. The third kappa shape index (κ3) is 2.96. The smallest absolute Gasteiger partial charge is 0.261 e. The number of nitrogens with zero attached hydrogens (tertiary/aromatic N) is 2. The Morgan fingerprint density at radius 3 is 2.86 bits per heavy atom. The van der Waals surface area contributed by atoms with E-state index < -0.39 is 0 Å². The summed E-state index contributed by atoms with van der Waals surface area (Å²) in [4.78, 5) is 14.0. The van der Waals surface area contributed by atoms with Crippen LogP contribution in [0.3, 0.4) is 0 Å². The zero-order valence-electron chi connectivity index (χ0n) is 12.4. The molecule has 3 rings (SSSR count). The SMILES string of the molecule is Cc1nn(C)c2sc(C(=O)NCC3CCC(O)CC3)cc12. The van der Waals surface area contributed by atoms with Crippen molar-refractivity contribution in [3.05, 3.63) is 16.6 Å². The van der Waals surface area contributed by atoms with Gasteiger partial charge in [0.2, 0.25) is 0 Å². The van der Waals surface area contributed by atoms with Crippen LogP contribution in [0.2, 0.25) is 0 Å². The molecule has 114 valence electrons. The number of hydrogen-bond donors (Lipinski definition) is 2. The molecule has 0 radical (unpaired) electrons. The number of aryl methyl sites for hydroxylation is 2. The van der Waals surface area contributed by atoms with Crippen LogP contribution in [0.25, 0.3) is 10.2 Å². The summed E-state index contributed by atoms with van der Waals surface area (Å²) in [5.41, 5.74) is 0.962. The van der Waals surface area contributed by atoms with Crippen molar-refractivity contribution in [1.29, 1.82) is 0 Å². The molecule has 1 aliphatic carbocycles. The van der Waals surface area contributed by atoms with E-state index in [2.05, 4.69) is 10.4 Å². The lowest BCUT2D eigenvalue weighted by molar-refractivity contribution is 0.0914. The average Bonchev–Trinajstić information content (AvgIpc) is 3.01. The Balaban J connectivity index is 1.63. The highest BCUT2D eigenvalue weighted by Crippen LogP contribution is 2.28. The van der Waals surface area contributed by atoms with E-state index in [0.29, 0.717) is 12.5 Å². The second kappa shape index (κ2) is 5.77. The molecule has 1 fully saturated rings. The monoisotopic (exact) mass is 307 g/mol. The minimum absolute atomic E-state index is 0.00159. The Kier molecular flexibility index (Phi) is 3.99. The van der Waals surface area contributed by atoms with Gasteiger partial charge in [-0.3, -0.25) is 9.48 Å². The molecule has 2 aromatic heterocycles. The minimum Gasteiger partial charge on any atom is -0.393 e. The highest BCUT2D eigenvalue weighted by molar-refractivity contribution is 7.20. The third-order valence-electron chi connectivity index (χ3n) is 4.29. The van der Waals surface area contributed by atoms with Crippen molar-refractivity contribution in [3.8, 4) is 0 Å². The second-order valence-corrected chi connectivity index (χ2v) is 6.95. The Hall–Kier alpha value is -1.40. The summed E-state index contributed by atoms with van der Waals surface area (Å²) in [5, 5.41) is 17.9. The van der Waals surface area contributed by atoms with Gasteiger partial charge in [0.05, 0.1) is 16.7 Å². The number of aromatic nitrogens is 2. The van der Waals surface area contributed by atoms with Crippen LogP contribution in [0.15, 0.2) is 6.07 Å². The molecule has 0 unspecified atom stereocenters. The second-order valence-electron chi connectivity index (χ2n) is 5.92. The highest BCUT2D eigenvalue weighted by atomic mass is 32.1. The van der Waals surface area contributed by atoms with Gasteiger partial charge in [-0.25, -0.2) is 0 Å². The van der Waals surface area contributed by atoms with Gasteiger partial charge in [-0.15, -0.1) is 11.3 Å². The summed E-state index contributed by atoms with van der Waals surface area (Å²) < 4.78 is 1.83. The normalized spacial score (nSPS) is 22.6. The minimum atomic E-state index is -0.143. The van der Waals surface area contributed by atoms with Gasteiger partial charge >= 0.3 is 0 Å². The standard InChI is InChI=1S/C15H21N3O2S/c1-9-12-7-13(21-15(12)18(2)17-9)14(20)16-8-10-3-5-11(19)6-4-10/h7,10-11,19H,3-6,8H2,1-2H3,(H,16,20). The van der Waals surface area contributed by atoms with E-state index >= 15 is 0 Å². The van der Waals surface area contributed by atoms with Crippen molar-refractivity contribution in [2.24, 2.45) is 13.0 Å². The van der Waals surface area contributed by atoms with Gasteiger partial charge in [0.15, 0.2) is 0 Å². The van der Waals surface area contributed by atoms with Crippen molar-refractivity contribution < 1.29 is 9.90 Å². The number of rotatable bonds is 3. The van der Waals surface area contributed by atoms with Gasteiger partial charge in [-0.05, 0) is 44.6 Å². The summed E-state index contributed by atoms with van der Waals surface area (Å²) >= 11 is 1.49. The lowest BCUT2D eigenvalue weighted by Crippen LogP contribution is -2.31. The summed E-state index contributed by atoms with van der Waals surface area (Å²) in [6.07, 6.45) is 3.56. The number of aliphatic hydroxyl groups is 1. The van der Waals surface area contributed by atoms with Gasteiger partial charge in [-0.1, -0.05) is 0 Å². The molecule has 1 aliphatic rings. The zero-order chi connectivity index (χ0) is 15.0. The van der Waals surface area contributed by atoms with Gasteiger partial charge < -0.3 is 10.4 Å². The van der Waals surface area contributed by atoms with Gasteiger partial charge in [0, 0.05) is 19.0 Å². The fourth-order valence-corrected chi connectivity index (χ4v) is 4.03. The Labute approximate surface area is 128 Å². The quantitative estimate of drug-likeness (QED) is 0.913. The first-order valence-electron chi connectivity index (χ1n) is 7.44. The molecule has 2 aromatic rings. The van der Waals surface area contributed by atoms with E-state index in [1.165, 1.54) is 11.3 Å². The molecular formula is C15H21N3O2S. The van der Waals surface area contributed by atoms with Crippen LogP contribution in [-0.4, -0.2) is 33.4 Å². The fraction of sp³-hybridized carbons (Fsp3) is 0.600. The lowest BCUT2D eigenvalue weighted by atomic mass is 9.87.